The Bertz CT molecular complexity index is 334. The van der Waals surface area contributed by atoms with Gasteiger partial charge in [0, 0.05) is 19.6 Å². The van der Waals surface area contributed by atoms with E-state index in [1.54, 1.807) is 0 Å². The van der Waals surface area contributed by atoms with Crippen molar-refractivity contribution in [1.29, 1.82) is 0 Å². The number of hydrogen-bond donors (Lipinski definition) is 1. The fourth-order valence-corrected chi connectivity index (χ4v) is 1.84. The average molecular weight is 234 g/mol. The summed E-state index contributed by atoms with van der Waals surface area (Å²) in [6.45, 7) is 10.9. The molecule has 0 radical (unpaired) electrons. The van der Waals surface area contributed by atoms with E-state index >= 15 is 0 Å². The van der Waals surface area contributed by atoms with Gasteiger partial charge in [0.2, 0.25) is 0 Å². The molecular formula is C15H26N2. The molecule has 0 aliphatic carbocycles. The standard InChI is InChI=1S/C15H26N2/c1-5-16-9-11-17(4)10-8-15-7-6-13(2)14(3)12-15/h6-7,12,16H,5,8-11H2,1-4H3. The van der Waals surface area contributed by atoms with Gasteiger partial charge in [-0.3, -0.25) is 0 Å². The number of likely N-dealkylation sites (N-methyl/N-ethyl adjacent to an activating group) is 2. The lowest BCUT2D eigenvalue weighted by Crippen LogP contribution is -2.30. The Balaban J connectivity index is 2.31. The fraction of sp³-hybridized carbons (Fsp3) is 0.600. The molecule has 0 saturated heterocycles. The van der Waals surface area contributed by atoms with Crippen molar-refractivity contribution >= 4 is 0 Å². The molecule has 1 aromatic rings. The van der Waals surface area contributed by atoms with Gasteiger partial charge in [0.15, 0.2) is 0 Å². The Morgan fingerprint density at radius 1 is 1.12 bits per heavy atom. The Morgan fingerprint density at radius 2 is 1.88 bits per heavy atom. The van der Waals surface area contributed by atoms with E-state index in [9.17, 15) is 0 Å². The van der Waals surface area contributed by atoms with Crippen LogP contribution in [0.4, 0.5) is 0 Å². The number of rotatable bonds is 7. The van der Waals surface area contributed by atoms with E-state index in [-0.39, 0.29) is 0 Å². The first-order chi connectivity index (χ1) is 8.13. The molecule has 0 aromatic heterocycles. The lowest BCUT2D eigenvalue weighted by molar-refractivity contribution is 0.337. The summed E-state index contributed by atoms with van der Waals surface area (Å²) in [6.07, 6.45) is 1.14. The van der Waals surface area contributed by atoms with Gasteiger partial charge in [-0.2, -0.15) is 0 Å². The summed E-state index contributed by atoms with van der Waals surface area (Å²) in [5, 5.41) is 3.35. The van der Waals surface area contributed by atoms with Crippen molar-refractivity contribution in [3.8, 4) is 0 Å². The highest BCUT2D eigenvalue weighted by Gasteiger charge is 2.00. The summed E-state index contributed by atoms with van der Waals surface area (Å²) in [7, 11) is 2.19. The second kappa shape index (κ2) is 7.46. The van der Waals surface area contributed by atoms with Crippen molar-refractivity contribution in [3.63, 3.8) is 0 Å². The minimum atomic E-state index is 1.06. The van der Waals surface area contributed by atoms with Crippen molar-refractivity contribution in [3.05, 3.63) is 34.9 Å². The molecule has 0 atom stereocenters. The number of hydrogen-bond acceptors (Lipinski definition) is 2. The van der Waals surface area contributed by atoms with Crippen LogP contribution < -0.4 is 5.32 Å². The topological polar surface area (TPSA) is 15.3 Å². The molecule has 0 aliphatic heterocycles. The SMILES string of the molecule is CCNCCN(C)CCc1ccc(C)c(C)c1. The Morgan fingerprint density at radius 3 is 2.53 bits per heavy atom. The van der Waals surface area contributed by atoms with Crippen molar-refractivity contribution < 1.29 is 0 Å². The van der Waals surface area contributed by atoms with E-state index in [1.807, 2.05) is 0 Å². The van der Waals surface area contributed by atoms with E-state index < -0.39 is 0 Å². The van der Waals surface area contributed by atoms with E-state index in [4.69, 9.17) is 0 Å². The molecule has 0 aliphatic rings. The first-order valence-electron chi connectivity index (χ1n) is 6.59. The summed E-state index contributed by atoms with van der Waals surface area (Å²) in [6, 6.07) is 6.79. The molecule has 2 nitrogen and oxygen atoms in total. The highest BCUT2D eigenvalue weighted by molar-refractivity contribution is 5.29. The van der Waals surface area contributed by atoms with Gasteiger partial charge in [-0.25, -0.2) is 0 Å². The molecule has 1 aromatic carbocycles. The maximum atomic E-state index is 3.35. The summed E-state index contributed by atoms with van der Waals surface area (Å²) < 4.78 is 0. The van der Waals surface area contributed by atoms with E-state index in [0.717, 1.165) is 32.6 Å². The molecule has 17 heavy (non-hydrogen) atoms. The third-order valence-electron chi connectivity index (χ3n) is 3.27. The summed E-state index contributed by atoms with van der Waals surface area (Å²) >= 11 is 0. The first kappa shape index (κ1) is 14.2. The maximum Gasteiger partial charge on any atom is 0.0104 e. The third-order valence-corrected chi connectivity index (χ3v) is 3.27. The zero-order valence-electron chi connectivity index (χ0n) is 11.7. The highest BCUT2D eigenvalue weighted by atomic mass is 15.1. The second-order valence-electron chi connectivity index (χ2n) is 4.83. The van der Waals surface area contributed by atoms with E-state index in [1.165, 1.54) is 16.7 Å². The summed E-state index contributed by atoms with van der Waals surface area (Å²) in [4.78, 5) is 2.39. The van der Waals surface area contributed by atoms with Crippen LogP contribution in [0.5, 0.6) is 0 Å². The fourth-order valence-electron chi connectivity index (χ4n) is 1.84. The molecule has 96 valence electrons. The average Bonchev–Trinajstić information content (AvgIpc) is 2.31. The summed E-state index contributed by atoms with van der Waals surface area (Å²) in [5.41, 5.74) is 4.23. The number of benzene rings is 1. The van der Waals surface area contributed by atoms with Crippen molar-refractivity contribution in [2.24, 2.45) is 0 Å². The monoisotopic (exact) mass is 234 g/mol. The second-order valence-corrected chi connectivity index (χ2v) is 4.83. The molecule has 2 heteroatoms. The first-order valence-corrected chi connectivity index (χ1v) is 6.59. The lowest BCUT2D eigenvalue weighted by Gasteiger charge is -2.17. The van der Waals surface area contributed by atoms with Gasteiger partial charge in [0.05, 0.1) is 0 Å². The van der Waals surface area contributed by atoms with Crippen molar-refractivity contribution in [1.82, 2.24) is 10.2 Å². The van der Waals surface area contributed by atoms with Crippen molar-refractivity contribution in [2.45, 2.75) is 27.2 Å². The molecular weight excluding hydrogens is 208 g/mol. The molecule has 0 unspecified atom stereocenters. The largest absolute Gasteiger partial charge is 0.316 e. The van der Waals surface area contributed by atoms with Gasteiger partial charge < -0.3 is 10.2 Å². The van der Waals surface area contributed by atoms with E-state index in [2.05, 4.69) is 56.2 Å². The van der Waals surface area contributed by atoms with Gasteiger partial charge in [-0.1, -0.05) is 25.1 Å². The van der Waals surface area contributed by atoms with Crippen LogP contribution in [-0.2, 0) is 6.42 Å². The Labute approximate surface area is 106 Å². The molecule has 0 bridgehead atoms. The minimum absolute atomic E-state index is 1.06. The minimum Gasteiger partial charge on any atom is -0.316 e. The van der Waals surface area contributed by atoms with Crippen LogP contribution in [0.15, 0.2) is 18.2 Å². The maximum absolute atomic E-state index is 3.35. The lowest BCUT2D eigenvalue weighted by atomic mass is 10.0. The van der Waals surface area contributed by atoms with Crippen LogP contribution in [0, 0.1) is 13.8 Å². The Hall–Kier alpha value is -0.860. The van der Waals surface area contributed by atoms with Gasteiger partial charge in [-0.05, 0) is 50.6 Å². The molecule has 0 heterocycles. The smallest absolute Gasteiger partial charge is 0.0104 e. The van der Waals surface area contributed by atoms with Crippen LogP contribution >= 0.6 is 0 Å². The molecule has 0 amide bonds. The molecule has 0 saturated carbocycles. The Kier molecular flexibility index (Phi) is 6.23. The number of nitrogens with one attached hydrogen (secondary N) is 1. The number of aryl methyl sites for hydroxylation is 2. The zero-order valence-corrected chi connectivity index (χ0v) is 11.7. The van der Waals surface area contributed by atoms with E-state index in [0.29, 0.717) is 0 Å². The van der Waals surface area contributed by atoms with Crippen LogP contribution in [0.2, 0.25) is 0 Å². The molecule has 1 rings (SSSR count). The normalized spacial score (nSPS) is 11.1. The predicted molar refractivity (Wildman–Crippen MR) is 75.7 cm³/mol. The number of nitrogens with zero attached hydrogens (tertiary/aromatic N) is 1. The van der Waals surface area contributed by atoms with Gasteiger partial charge in [0.1, 0.15) is 0 Å². The zero-order chi connectivity index (χ0) is 12.7. The van der Waals surface area contributed by atoms with Gasteiger partial charge >= 0.3 is 0 Å². The van der Waals surface area contributed by atoms with Gasteiger partial charge in [0.25, 0.3) is 0 Å². The molecule has 1 N–H and O–H groups in total. The van der Waals surface area contributed by atoms with Crippen LogP contribution in [0.1, 0.15) is 23.6 Å². The summed E-state index contributed by atoms with van der Waals surface area (Å²) in [5.74, 6) is 0. The van der Waals surface area contributed by atoms with Gasteiger partial charge in [-0.15, -0.1) is 0 Å². The van der Waals surface area contributed by atoms with Crippen LogP contribution in [0.25, 0.3) is 0 Å². The van der Waals surface area contributed by atoms with Crippen molar-refractivity contribution in [2.75, 3.05) is 33.2 Å². The molecule has 0 spiro atoms. The molecule has 0 fully saturated rings. The third kappa shape index (κ3) is 5.33. The highest BCUT2D eigenvalue weighted by Crippen LogP contribution is 2.10. The predicted octanol–water partition coefficient (Wildman–Crippen LogP) is 2.39. The van der Waals surface area contributed by atoms with Crippen LogP contribution in [-0.4, -0.2) is 38.1 Å². The van der Waals surface area contributed by atoms with Crippen LogP contribution in [0.3, 0.4) is 0 Å². The quantitative estimate of drug-likeness (QED) is 0.729.